The second-order valence-electron chi connectivity index (χ2n) is 2.52. The summed E-state index contributed by atoms with van der Waals surface area (Å²) in [5, 5.41) is 17.4. The number of unbranched alkanes of at least 4 members (excludes halogenated alkanes) is 1. The molecule has 7 heteroatoms. The van der Waals surface area contributed by atoms with Gasteiger partial charge in [0.15, 0.2) is 0 Å². The van der Waals surface area contributed by atoms with Crippen molar-refractivity contribution in [2.24, 2.45) is 0 Å². The molecule has 0 aliphatic carbocycles. The molecule has 1 heterocycles. The standard InChI is InChI=1S/C7H9N5O2/c8-3-1-2-4-10-7(13)5-6(9)12-14-11-5/h1-2,4H2,(H2,9,12)(H,10,13). The highest BCUT2D eigenvalue weighted by Gasteiger charge is 2.14. The Balaban J connectivity index is 2.37. The van der Waals surface area contributed by atoms with Gasteiger partial charge in [-0.3, -0.25) is 4.79 Å². The van der Waals surface area contributed by atoms with E-state index >= 15 is 0 Å². The summed E-state index contributed by atoms with van der Waals surface area (Å²) in [6.45, 7) is 0.401. The van der Waals surface area contributed by atoms with E-state index in [4.69, 9.17) is 11.0 Å². The third-order valence-corrected chi connectivity index (χ3v) is 1.48. The van der Waals surface area contributed by atoms with Crippen LogP contribution in [0.25, 0.3) is 0 Å². The molecule has 1 aromatic heterocycles. The molecule has 0 aliphatic heterocycles. The molecule has 0 bridgehead atoms. The molecule has 0 unspecified atom stereocenters. The lowest BCUT2D eigenvalue weighted by atomic mass is 10.3. The van der Waals surface area contributed by atoms with E-state index in [9.17, 15) is 4.79 Å². The van der Waals surface area contributed by atoms with Crippen LogP contribution >= 0.6 is 0 Å². The summed E-state index contributed by atoms with van der Waals surface area (Å²) in [5.74, 6) is -0.482. The fourth-order valence-electron chi connectivity index (χ4n) is 0.806. The van der Waals surface area contributed by atoms with Crippen LogP contribution in [0.5, 0.6) is 0 Å². The van der Waals surface area contributed by atoms with E-state index < -0.39 is 5.91 Å². The first-order valence-electron chi connectivity index (χ1n) is 3.99. The Morgan fingerprint density at radius 3 is 3.00 bits per heavy atom. The summed E-state index contributed by atoms with van der Waals surface area (Å²) in [5.41, 5.74) is 5.27. The van der Waals surface area contributed by atoms with Crippen molar-refractivity contribution in [1.82, 2.24) is 15.6 Å². The Hall–Kier alpha value is -2.10. The molecule has 14 heavy (non-hydrogen) atoms. The number of nitrogens with one attached hydrogen (secondary N) is 1. The first-order valence-corrected chi connectivity index (χ1v) is 3.99. The number of carbonyl (C=O) groups excluding carboxylic acids is 1. The van der Waals surface area contributed by atoms with E-state index in [1.807, 2.05) is 6.07 Å². The number of nitrogens with two attached hydrogens (primary N) is 1. The van der Waals surface area contributed by atoms with Gasteiger partial charge in [0.1, 0.15) is 0 Å². The highest BCUT2D eigenvalue weighted by molar-refractivity contribution is 5.95. The number of nitrogen functional groups attached to an aromatic ring is 1. The van der Waals surface area contributed by atoms with Crippen LogP contribution in [0.4, 0.5) is 5.82 Å². The Morgan fingerprint density at radius 2 is 2.43 bits per heavy atom. The second-order valence-corrected chi connectivity index (χ2v) is 2.52. The minimum atomic E-state index is -0.443. The van der Waals surface area contributed by atoms with Gasteiger partial charge in [0.25, 0.3) is 5.91 Å². The van der Waals surface area contributed by atoms with Crippen molar-refractivity contribution >= 4 is 11.7 Å². The topological polar surface area (TPSA) is 118 Å². The van der Waals surface area contributed by atoms with E-state index in [-0.39, 0.29) is 11.5 Å². The number of nitriles is 1. The average Bonchev–Trinajstić information content (AvgIpc) is 2.59. The van der Waals surface area contributed by atoms with Gasteiger partial charge in [0.05, 0.1) is 6.07 Å². The number of anilines is 1. The molecule has 0 saturated carbocycles. The molecule has 1 aromatic rings. The molecular weight excluding hydrogens is 186 g/mol. The Morgan fingerprint density at radius 1 is 1.64 bits per heavy atom. The molecule has 0 aromatic carbocycles. The maximum Gasteiger partial charge on any atom is 0.277 e. The average molecular weight is 195 g/mol. The Labute approximate surface area is 79.8 Å². The zero-order valence-electron chi connectivity index (χ0n) is 7.36. The van der Waals surface area contributed by atoms with Crippen LogP contribution in [-0.2, 0) is 0 Å². The minimum absolute atomic E-state index is 0.0260. The fraction of sp³-hybridized carbons (Fsp3) is 0.429. The summed E-state index contributed by atoms with van der Waals surface area (Å²) < 4.78 is 4.26. The van der Waals surface area contributed by atoms with Crippen molar-refractivity contribution in [2.75, 3.05) is 12.3 Å². The number of rotatable bonds is 4. The van der Waals surface area contributed by atoms with Crippen LogP contribution < -0.4 is 11.1 Å². The summed E-state index contributed by atoms with van der Waals surface area (Å²) in [4.78, 5) is 11.3. The van der Waals surface area contributed by atoms with E-state index in [1.54, 1.807) is 0 Å². The van der Waals surface area contributed by atoms with E-state index in [2.05, 4.69) is 20.3 Å². The number of nitrogens with zero attached hydrogens (tertiary/aromatic N) is 3. The van der Waals surface area contributed by atoms with Crippen LogP contribution in [0.15, 0.2) is 4.63 Å². The van der Waals surface area contributed by atoms with E-state index in [1.165, 1.54) is 0 Å². The van der Waals surface area contributed by atoms with Gasteiger partial charge in [0.2, 0.25) is 11.5 Å². The third kappa shape index (κ3) is 2.45. The molecule has 7 nitrogen and oxygen atoms in total. The predicted octanol–water partition coefficient (Wildman–Crippen LogP) is -0.315. The molecule has 0 atom stereocenters. The smallest absolute Gasteiger partial charge is 0.277 e. The molecule has 0 spiro atoms. The summed E-state index contributed by atoms with van der Waals surface area (Å²) in [6, 6.07) is 1.97. The number of aromatic nitrogens is 2. The fourth-order valence-corrected chi connectivity index (χ4v) is 0.806. The quantitative estimate of drug-likeness (QED) is 0.636. The predicted molar refractivity (Wildman–Crippen MR) is 45.9 cm³/mol. The molecule has 1 rings (SSSR count). The molecule has 0 radical (unpaired) electrons. The number of carbonyl (C=O) groups is 1. The summed E-state index contributed by atoms with van der Waals surface area (Å²) in [6.07, 6.45) is 0.986. The Kier molecular flexibility index (Phi) is 3.43. The zero-order chi connectivity index (χ0) is 10.4. The van der Waals surface area contributed by atoms with E-state index in [0.717, 1.165) is 0 Å². The van der Waals surface area contributed by atoms with Gasteiger partial charge >= 0.3 is 0 Å². The SMILES string of the molecule is N#CCCCNC(=O)c1nonc1N. The van der Waals surface area contributed by atoms with Crippen molar-refractivity contribution in [3.8, 4) is 6.07 Å². The molecule has 74 valence electrons. The lowest BCUT2D eigenvalue weighted by molar-refractivity contribution is 0.0944. The van der Waals surface area contributed by atoms with Gasteiger partial charge in [-0.1, -0.05) is 0 Å². The zero-order valence-corrected chi connectivity index (χ0v) is 7.36. The minimum Gasteiger partial charge on any atom is -0.379 e. The number of hydrogen-bond donors (Lipinski definition) is 2. The number of hydrogen-bond acceptors (Lipinski definition) is 6. The molecular formula is C7H9N5O2. The second kappa shape index (κ2) is 4.81. The first-order chi connectivity index (χ1) is 6.75. The van der Waals surface area contributed by atoms with Crippen molar-refractivity contribution in [2.45, 2.75) is 12.8 Å². The first kappa shape index (κ1) is 9.98. The molecule has 0 saturated heterocycles. The molecule has 0 fully saturated rings. The largest absolute Gasteiger partial charge is 0.379 e. The third-order valence-electron chi connectivity index (χ3n) is 1.48. The van der Waals surface area contributed by atoms with Gasteiger partial charge in [-0.15, -0.1) is 0 Å². The normalized spacial score (nSPS) is 9.36. The van der Waals surface area contributed by atoms with Gasteiger partial charge < -0.3 is 11.1 Å². The van der Waals surface area contributed by atoms with Crippen molar-refractivity contribution in [3.05, 3.63) is 5.69 Å². The molecule has 3 N–H and O–H groups in total. The summed E-state index contributed by atoms with van der Waals surface area (Å²) in [7, 11) is 0. The lowest BCUT2D eigenvalue weighted by Crippen LogP contribution is -2.25. The van der Waals surface area contributed by atoms with Crippen LogP contribution in [0.1, 0.15) is 23.3 Å². The highest BCUT2D eigenvalue weighted by Crippen LogP contribution is 2.02. The van der Waals surface area contributed by atoms with Crippen LogP contribution in [0.3, 0.4) is 0 Å². The maximum atomic E-state index is 11.3. The summed E-state index contributed by atoms with van der Waals surface area (Å²) >= 11 is 0. The molecule has 0 aliphatic rings. The monoisotopic (exact) mass is 195 g/mol. The lowest BCUT2D eigenvalue weighted by Gasteiger charge is -1.99. The van der Waals surface area contributed by atoms with Crippen LogP contribution in [0.2, 0.25) is 0 Å². The van der Waals surface area contributed by atoms with Crippen molar-refractivity contribution in [1.29, 1.82) is 5.26 Å². The highest BCUT2D eigenvalue weighted by atomic mass is 16.6. The van der Waals surface area contributed by atoms with Crippen molar-refractivity contribution in [3.63, 3.8) is 0 Å². The van der Waals surface area contributed by atoms with Gasteiger partial charge in [0, 0.05) is 13.0 Å². The Bertz CT molecular complexity index is 353. The van der Waals surface area contributed by atoms with Crippen LogP contribution in [0, 0.1) is 11.3 Å². The number of amides is 1. The van der Waals surface area contributed by atoms with Gasteiger partial charge in [-0.05, 0) is 16.7 Å². The van der Waals surface area contributed by atoms with Crippen molar-refractivity contribution < 1.29 is 9.42 Å². The molecule has 1 amide bonds. The van der Waals surface area contributed by atoms with Crippen LogP contribution in [-0.4, -0.2) is 22.8 Å². The van der Waals surface area contributed by atoms with Gasteiger partial charge in [-0.2, -0.15) is 5.26 Å². The van der Waals surface area contributed by atoms with E-state index in [0.29, 0.717) is 19.4 Å². The maximum absolute atomic E-state index is 11.3. The van der Waals surface area contributed by atoms with Gasteiger partial charge in [-0.25, -0.2) is 4.63 Å².